The van der Waals surface area contributed by atoms with Crippen LogP contribution in [0.2, 0.25) is 0 Å². The molecule has 2 aromatic carbocycles. The van der Waals surface area contributed by atoms with Crippen LogP contribution in [0.3, 0.4) is 0 Å². The molecule has 0 spiro atoms. The van der Waals surface area contributed by atoms with Gasteiger partial charge in [0.05, 0.1) is 13.2 Å². The molecule has 0 amide bonds. The highest BCUT2D eigenvalue weighted by Crippen LogP contribution is 2.35. The van der Waals surface area contributed by atoms with Gasteiger partial charge in [0.25, 0.3) is 0 Å². The Bertz CT molecular complexity index is 761. The minimum absolute atomic E-state index is 0.205. The molecule has 0 N–H and O–H groups in total. The van der Waals surface area contributed by atoms with Crippen LogP contribution in [0.1, 0.15) is 31.0 Å². The molecule has 0 aliphatic carbocycles. The Morgan fingerprint density at radius 3 is 2.52 bits per heavy atom. The van der Waals surface area contributed by atoms with Crippen LogP contribution in [0.5, 0.6) is 5.75 Å². The van der Waals surface area contributed by atoms with E-state index in [1.54, 1.807) is 7.11 Å². The van der Waals surface area contributed by atoms with Crippen molar-refractivity contribution in [2.45, 2.75) is 32.0 Å². The molecule has 0 saturated carbocycles. The molecule has 1 aliphatic rings. The van der Waals surface area contributed by atoms with E-state index in [1.165, 1.54) is 11.1 Å². The van der Waals surface area contributed by atoms with Gasteiger partial charge in [-0.25, -0.2) is 0 Å². The number of benzene rings is 2. The summed E-state index contributed by atoms with van der Waals surface area (Å²) in [6.45, 7) is 11.6. The van der Waals surface area contributed by atoms with Crippen LogP contribution >= 0.6 is 15.9 Å². The van der Waals surface area contributed by atoms with E-state index in [0.29, 0.717) is 12.1 Å². The molecule has 1 fully saturated rings. The first-order chi connectivity index (χ1) is 13.0. The maximum atomic E-state index is 5.50. The van der Waals surface area contributed by atoms with E-state index in [0.717, 1.165) is 29.9 Å². The molecule has 3 atom stereocenters. The predicted octanol–water partition coefficient (Wildman–Crippen LogP) is 5.13. The number of piperazine rings is 1. The lowest BCUT2D eigenvalue weighted by Gasteiger charge is -2.47. The van der Waals surface area contributed by atoms with Gasteiger partial charge in [0, 0.05) is 36.2 Å². The van der Waals surface area contributed by atoms with E-state index in [9.17, 15) is 0 Å². The Balaban J connectivity index is 1.99. The first-order valence-corrected chi connectivity index (χ1v) is 10.3. The highest BCUT2D eigenvalue weighted by molar-refractivity contribution is 9.10. The fraction of sp³-hybridized carbons (Fsp3) is 0.391. The molecule has 0 unspecified atom stereocenters. The van der Waals surface area contributed by atoms with Crippen molar-refractivity contribution in [3.05, 3.63) is 76.8 Å². The number of nitrogens with zero attached hydrogens (tertiary/aromatic N) is 2. The summed E-state index contributed by atoms with van der Waals surface area (Å²) < 4.78 is 6.60. The van der Waals surface area contributed by atoms with Gasteiger partial charge >= 0.3 is 0 Å². The first-order valence-electron chi connectivity index (χ1n) is 9.53. The predicted molar refractivity (Wildman–Crippen MR) is 116 cm³/mol. The lowest BCUT2D eigenvalue weighted by molar-refractivity contribution is 0.0306. The summed E-state index contributed by atoms with van der Waals surface area (Å²) in [5.74, 6) is 0.903. The van der Waals surface area contributed by atoms with Crippen molar-refractivity contribution < 1.29 is 4.74 Å². The maximum Gasteiger partial charge on any atom is 0.119 e. The molecule has 1 heterocycles. The van der Waals surface area contributed by atoms with Crippen LogP contribution in [-0.2, 0) is 0 Å². The Hall–Kier alpha value is -1.62. The van der Waals surface area contributed by atoms with Gasteiger partial charge in [-0.3, -0.25) is 9.80 Å². The fourth-order valence-corrected chi connectivity index (χ4v) is 4.30. The van der Waals surface area contributed by atoms with Crippen molar-refractivity contribution in [3.63, 3.8) is 0 Å². The number of ether oxygens (including phenoxy) is 1. The van der Waals surface area contributed by atoms with E-state index in [2.05, 4.69) is 88.6 Å². The van der Waals surface area contributed by atoms with Gasteiger partial charge in [-0.2, -0.15) is 0 Å². The molecule has 0 bridgehead atoms. The average molecular weight is 429 g/mol. The zero-order valence-corrected chi connectivity index (χ0v) is 18.0. The fourth-order valence-electron chi connectivity index (χ4n) is 4.04. The Morgan fingerprint density at radius 1 is 1.11 bits per heavy atom. The van der Waals surface area contributed by atoms with Crippen LogP contribution in [0, 0.1) is 0 Å². The third-order valence-electron chi connectivity index (χ3n) is 5.45. The van der Waals surface area contributed by atoms with Gasteiger partial charge in [-0.05, 0) is 49.2 Å². The van der Waals surface area contributed by atoms with Gasteiger partial charge < -0.3 is 4.74 Å². The lowest BCUT2D eigenvalue weighted by Crippen LogP contribution is -2.57. The van der Waals surface area contributed by atoms with E-state index >= 15 is 0 Å². The standard InChI is InChI=1S/C23H29BrN2O/c1-5-13-25-15-18(3)26(16-17(25)2)23(19-9-11-21(24)12-10-19)20-7-6-8-22(14-20)27-4/h5-12,14,17-18,23H,1,13,15-16H2,2-4H3/t17-,18+,23-/m1/s1. The smallest absolute Gasteiger partial charge is 0.119 e. The molecule has 3 rings (SSSR count). The maximum absolute atomic E-state index is 5.50. The number of halogens is 1. The van der Waals surface area contributed by atoms with Crippen molar-refractivity contribution in [2.24, 2.45) is 0 Å². The van der Waals surface area contributed by atoms with Crippen LogP contribution in [-0.4, -0.2) is 48.6 Å². The number of rotatable bonds is 6. The SMILES string of the molecule is C=CCN1C[C@H](C)N([C@H](c2ccc(Br)cc2)c2cccc(OC)c2)C[C@H]1C. The third kappa shape index (κ3) is 4.63. The van der Waals surface area contributed by atoms with Gasteiger partial charge in [-0.1, -0.05) is 46.3 Å². The highest BCUT2D eigenvalue weighted by Gasteiger charge is 2.34. The second-order valence-electron chi connectivity index (χ2n) is 7.37. The number of hydrogen-bond donors (Lipinski definition) is 0. The van der Waals surface area contributed by atoms with Crippen LogP contribution < -0.4 is 4.74 Å². The highest BCUT2D eigenvalue weighted by atomic mass is 79.9. The minimum Gasteiger partial charge on any atom is -0.497 e. The summed E-state index contributed by atoms with van der Waals surface area (Å²) in [5.41, 5.74) is 2.58. The Labute approximate surface area is 171 Å². The molecule has 4 heteroatoms. The largest absolute Gasteiger partial charge is 0.497 e. The second-order valence-corrected chi connectivity index (χ2v) is 8.28. The summed E-state index contributed by atoms with van der Waals surface area (Å²) >= 11 is 3.57. The Kier molecular flexibility index (Phi) is 6.74. The number of methoxy groups -OCH3 is 1. The third-order valence-corrected chi connectivity index (χ3v) is 5.98. The molecule has 3 nitrogen and oxygen atoms in total. The zero-order chi connectivity index (χ0) is 19.4. The second kappa shape index (κ2) is 9.05. The molecule has 0 radical (unpaired) electrons. The Morgan fingerprint density at radius 2 is 1.85 bits per heavy atom. The first kappa shape index (κ1) is 20.1. The molecular formula is C23H29BrN2O. The molecule has 2 aromatic rings. The summed E-state index contributed by atoms with van der Waals surface area (Å²) in [7, 11) is 1.73. The van der Waals surface area contributed by atoms with Crippen LogP contribution in [0.15, 0.2) is 65.7 Å². The monoisotopic (exact) mass is 428 g/mol. The quantitative estimate of drug-likeness (QED) is 0.593. The van der Waals surface area contributed by atoms with E-state index in [-0.39, 0.29) is 6.04 Å². The molecule has 144 valence electrons. The van der Waals surface area contributed by atoms with E-state index in [4.69, 9.17) is 4.74 Å². The topological polar surface area (TPSA) is 15.7 Å². The zero-order valence-electron chi connectivity index (χ0n) is 16.4. The summed E-state index contributed by atoms with van der Waals surface area (Å²) in [6.07, 6.45) is 2.01. The van der Waals surface area contributed by atoms with E-state index < -0.39 is 0 Å². The number of hydrogen-bond acceptors (Lipinski definition) is 3. The van der Waals surface area contributed by atoms with Crippen molar-refractivity contribution in [3.8, 4) is 5.75 Å². The van der Waals surface area contributed by atoms with Crippen molar-refractivity contribution >= 4 is 15.9 Å². The van der Waals surface area contributed by atoms with Crippen LogP contribution in [0.4, 0.5) is 0 Å². The molecule has 1 saturated heterocycles. The van der Waals surface area contributed by atoms with Gasteiger partial charge in [0.1, 0.15) is 5.75 Å². The van der Waals surface area contributed by atoms with Crippen molar-refractivity contribution in [1.29, 1.82) is 0 Å². The normalized spacial score (nSPS) is 22.4. The molecule has 0 aromatic heterocycles. The molecule has 1 aliphatic heterocycles. The molecular weight excluding hydrogens is 400 g/mol. The van der Waals surface area contributed by atoms with Crippen molar-refractivity contribution in [1.82, 2.24) is 9.80 Å². The summed E-state index contributed by atoms with van der Waals surface area (Å²) in [6, 6.07) is 18.3. The van der Waals surface area contributed by atoms with Gasteiger partial charge in [0.15, 0.2) is 0 Å². The van der Waals surface area contributed by atoms with E-state index in [1.807, 2.05) is 12.1 Å². The lowest BCUT2D eigenvalue weighted by atomic mass is 9.93. The van der Waals surface area contributed by atoms with Gasteiger partial charge in [-0.15, -0.1) is 6.58 Å². The van der Waals surface area contributed by atoms with Gasteiger partial charge in [0.2, 0.25) is 0 Å². The summed E-state index contributed by atoms with van der Waals surface area (Å²) in [5, 5.41) is 0. The van der Waals surface area contributed by atoms with Crippen molar-refractivity contribution in [2.75, 3.05) is 26.7 Å². The van der Waals surface area contributed by atoms with Crippen LogP contribution in [0.25, 0.3) is 0 Å². The molecule has 27 heavy (non-hydrogen) atoms. The average Bonchev–Trinajstić information content (AvgIpc) is 2.67. The minimum atomic E-state index is 0.205. The summed E-state index contributed by atoms with van der Waals surface area (Å²) in [4.78, 5) is 5.14.